The molecule has 0 unspecified atom stereocenters. The van der Waals surface area contributed by atoms with Crippen LogP contribution in [0.1, 0.15) is 25.3 Å². The number of nitrogens with one attached hydrogen (secondary N) is 2. The van der Waals surface area contributed by atoms with Gasteiger partial charge in [0.2, 0.25) is 0 Å². The molecule has 1 fully saturated rings. The van der Waals surface area contributed by atoms with E-state index in [1.807, 2.05) is 19.2 Å². The average Bonchev–Trinajstić information content (AvgIpc) is 3.39. The van der Waals surface area contributed by atoms with Gasteiger partial charge in [0.15, 0.2) is 5.96 Å². The summed E-state index contributed by atoms with van der Waals surface area (Å²) in [6.45, 7) is 6.11. The Morgan fingerprint density at radius 3 is 2.48 bits per heavy atom. The van der Waals surface area contributed by atoms with Crippen LogP contribution in [-0.4, -0.2) is 50.7 Å². The van der Waals surface area contributed by atoms with Crippen molar-refractivity contribution in [3.05, 3.63) is 29.8 Å². The fraction of sp³-hybridized carbons (Fsp3) is 0.588. The van der Waals surface area contributed by atoms with Crippen LogP contribution in [0.3, 0.4) is 0 Å². The molecule has 0 aromatic heterocycles. The van der Waals surface area contributed by atoms with E-state index in [0.717, 1.165) is 43.9 Å². The number of hydrogen-bond donors (Lipinski definition) is 2. The highest BCUT2D eigenvalue weighted by Crippen LogP contribution is 2.25. The standard InChI is InChI=1S/C17H28N4O.HI/c1-4-21(15-7-8-15)12-11-19-17(18-2)20-13-14-5-9-16(22-3)10-6-14;/h5-6,9-10,15H,4,7-8,11-13H2,1-3H3,(H2,18,19,20);1H. The lowest BCUT2D eigenvalue weighted by Gasteiger charge is -2.20. The third kappa shape index (κ3) is 6.95. The van der Waals surface area contributed by atoms with Crippen LogP contribution in [0.2, 0.25) is 0 Å². The topological polar surface area (TPSA) is 48.9 Å². The lowest BCUT2D eigenvalue weighted by atomic mass is 10.2. The van der Waals surface area contributed by atoms with Crippen molar-refractivity contribution in [1.82, 2.24) is 15.5 Å². The van der Waals surface area contributed by atoms with Crippen molar-refractivity contribution in [3.63, 3.8) is 0 Å². The van der Waals surface area contributed by atoms with Crippen molar-refractivity contribution in [2.45, 2.75) is 32.4 Å². The Bertz CT molecular complexity index is 474. The highest BCUT2D eigenvalue weighted by Gasteiger charge is 2.27. The van der Waals surface area contributed by atoms with Crippen molar-refractivity contribution >= 4 is 29.9 Å². The van der Waals surface area contributed by atoms with Gasteiger partial charge in [0.05, 0.1) is 7.11 Å². The molecule has 130 valence electrons. The Morgan fingerprint density at radius 1 is 1.26 bits per heavy atom. The zero-order valence-corrected chi connectivity index (χ0v) is 16.7. The summed E-state index contributed by atoms with van der Waals surface area (Å²) in [5.74, 6) is 1.73. The van der Waals surface area contributed by atoms with Crippen molar-refractivity contribution < 1.29 is 4.74 Å². The maximum atomic E-state index is 5.17. The Hall–Kier alpha value is -1.02. The van der Waals surface area contributed by atoms with E-state index in [9.17, 15) is 0 Å². The molecule has 0 radical (unpaired) electrons. The largest absolute Gasteiger partial charge is 0.497 e. The Kier molecular flexibility index (Phi) is 9.31. The second-order valence-electron chi connectivity index (χ2n) is 5.56. The van der Waals surface area contributed by atoms with Crippen LogP contribution in [0.15, 0.2) is 29.3 Å². The number of halogens is 1. The fourth-order valence-corrected chi connectivity index (χ4v) is 2.51. The first kappa shape index (κ1) is 20.0. The van der Waals surface area contributed by atoms with E-state index in [1.54, 1.807) is 7.11 Å². The molecule has 2 rings (SSSR count). The fourth-order valence-electron chi connectivity index (χ4n) is 2.51. The van der Waals surface area contributed by atoms with Crippen LogP contribution in [0.4, 0.5) is 0 Å². The second kappa shape index (κ2) is 10.7. The average molecular weight is 432 g/mol. The summed E-state index contributed by atoms with van der Waals surface area (Å²) in [5.41, 5.74) is 1.21. The number of ether oxygens (including phenoxy) is 1. The van der Waals surface area contributed by atoms with Gasteiger partial charge in [-0.1, -0.05) is 19.1 Å². The highest BCUT2D eigenvalue weighted by molar-refractivity contribution is 14.0. The minimum absolute atomic E-state index is 0. The molecule has 1 aromatic carbocycles. The maximum absolute atomic E-state index is 5.17. The normalized spacial score (nSPS) is 14.3. The quantitative estimate of drug-likeness (QED) is 0.377. The molecule has 23 heavy (non-hydrogen) atoms. The van der Waals surface area contributed by atoms with E-state index < -0.39 is 0 Å². The van der Waals surface area contributed by atoms with Gasteiger partial charge in [0.25, 0.3) is 0 Å². The molecule has 0 amide bonds. The summed E-state index contributed by atoms with van der Waals surface area (Å²) in [6, 6.07) is 8.89. The number of rotatable bonds is 8. The predicted molar refractivity (Wildman–Crippen MR) is 107 cm³/mol. The zero-order chi connectivity index (χ0) is 15.8. The van der Waals surface area contributed by atoms with Gasteiger partial charge in [-0.25, -0.2) is 0 Å². The Morgan fingerprint density at radius 2 is 1.96 bits per heavy atom. The molecular formula is C17H29IN4O. The third-order valence-corrected chi connectivity index (χ3v) is 4.00. The highest BCUT2D eigenvalue weighted by atomic mass is 127. The van der Waals surface area contributed by atoms with E-state index in [2.05, 4.69) is 39.6 Å². The number of guanidine groups is 1. The van der Waals surface area contributed by atoms with Crippen molar-refractivity contribution in [2.75, 3.05) is 33.8 Å². The maximum Gasteiger partial charge on any atom is 0.191 e. The van der Waals surface area contributed by atoms with Gasteiger partial charge in [-0.05, 0) is 37.1 Å². The summed E-state index contributed by atoms with van der Waals surface area (Å²) in [7, 11) is 3.49. The monoisotopic (exact) mass is 432 g/mol. The second-order valence-corrected chi connectivity index (χ2v) is 5.56. The molecule has 1 aliphatic rings. The number of aliphatic imine (C=N–C) groups is 1. The smallest absolute Gasteiger partial charge is 0.191 e. The van der Waals surface area contributed by atoms with Gasteiger partial charge < -0.3 is 15.4 Å². The molecule has 1 aliphatic carbocycles. The van der Waals surface area contributed by atoms with Gasteiger partial charge in [0, 0.05) is 32.7 Å². The van der Waals surface area contributed by atoms with Gasteiger partial charge in [0.1, 0.15) is 5.75 Å². The molecule has 0 saturated heterocycles. The number of benzene rings is 1. The minimum Gasteiger partial charge on any atom is -0.497 e. The summed E-state index contributed by atoms with van der Waals surface area (Å²) in [6.07, 6.45) is 2.72. The lowest BCUT2D eigenvalue weighted by Crippen LogP contribution is -2.41. The molecule has 1 saturated carbocycles. The number of nitrogens with zero attached hydrogens (tertiary/aromatic N) is 2. The van der Waals surface area contributed by atoms with Crippen molar-refractivity contribution in [3.8, 4) is 5.75 Å². The van der Waals surface area contributed by atoms with Crippen LogP contribution in [0.5, 0.6) is 5.75 Å². The molecule has 6 heteroatoms. The summed E-state index contributed by atoms with van der Waals surface area (Å²) < 4.78 is 5.17. The molecule has 2 N–H and O–H groups in total. The molecular weight excluding hydrogens is 403 g/mol. The van der Waals surface area contributed by atoms with Gasteiger partial charge >= 0.3 is 0 Å². The number of likely N-dealkylation sites (N-methyl/N-ethyl adjacent to an activating group) is 1. The zero-order valence-electron chi connectivity index (χ0n) is 14.3. The van der Waals surface area contributed by atoms with E-state index in [-0.39, 0.29) is 24.0 Å². The first-order chi connectivity index (χ1) is 10.8. The summed E-state index contributed by atoms with van der Waals surface area (Å²) in [5, 5.41) is 6.72. The minimum atomic E-state index is 0. The Labute approximate surface area is 156 Å². The molecule has 0 spiro atoms. The predicted octanol–water partition coefficient (Wildman–Crippen LogP) is 2.46. The van der Waals surface area contributed by atoms with Crippen LogP contribution >= 0.6 is 24.0 Å². The summed E-state index contributed by atoms with van der Waals surface area (Å²) >= 11 is 0. The molecule has 5 nitrogen and oxygen atoms in total. The number of methoxy groups -OCH3 is 1. The first-order valence-electron chi connectivity index (χ1n) is 8.08. The number of hydrogen-bond acceptors (Lipinski definition) is 3. The first-order valence-corrected chi connectivity index (χ1v) is 8.08. The SMILES string of the molecule is CCN(CCNC(=NC)NCc1ccc(OC)cc1)C1CC1.I. The van der Waals surface area contributed by atoms with Gasteiger partial charge in [-0.2, -0.15) is 0 Å². The van der Waals surface area contributed by atoms with Gasteiger partial charge in [-0.15, -0.1) is 24.0 Å². The summed E-state index contributed by atoms with van der Waals surface area (Å²) in [4.78, 5) is 6.80. The molecule has 1 aromatic rings. The van der Waals surface area contributed by atoms with E-state index >= 15 is 0 Å². The van der Waals surface area contributed by atoms with E-state index in [4.69, 9.17) is 4.74 Å². The molecule has 0 bridgehead atoms. The molecule has 0 heterocycles. The van der Waals surface area contributed by atoms with Crippen LogP contribution < -0.4 is 15.4 Å². The van der Waals surface area contributed by atoms with E-state index in [1.165, 1.54) is 18.4 Å². The lowest BCUT2D eigenvalue weighted by molar-refractivity contribution is 0.282. The third-order valence-electron chi connectivity index (χ3n) is 4.00. The van der Waals surface area contributed by atoms with Crippen molar-refractivity contribution in [1.29, 1.82) is 0 Å². The van der Waals surface area contributed by atoms with Crippen LogP contribution in [0, 0.1) is 0 Å². The molecule has 0 aliphatic heterocycles. The Balaban J connectivity index is 0.00000264. The van der Waals surface area contributed by atoms with Crippen LogP contribution in [0.25, 0.3) is 0 Å². The van der Waals surface area contributed by atoms with Crippen molar-refractivity contribution in [2.24, 2.45) is 4.99 Å². The van der Waals surface area contributed by atoms with Gasteiger partial charge in [-0.3, -0.25) is 9.89 Å². The molecule has 0 atom stereocenters. The van der Waals surface area contributed by atoms with E-state index in [0.29, 0.717) is 0 Å². The van der Waals surface area contributed by atoms with Crippen LogP contribution in [-0.2, 0) is 6.54 Å².